The Balaban J connectivity index is 1.16. The summed E-state index contributed by atoms with van der Waals surface area (Å²) in [5, 5.41) is 0. The number of ketones is 1. The Hall–Kier alpha value is -3.19. The molecule has 1 nitrogen and oxygen atoms in total. The van der Waals surface area contributed by atoms with Crippen LogP contribution in [-0.4, -0.2) is 5.78 Å². The second-order valence-electron chi connectivity index (χ2n) is 9.79. The molecular formula is C35H42O. The van der Waals surface area contributed by atoms with Crippen molar-refractivity contribution in [1.82, 2.24) is 0 Å². The molecule has 0 fully saturated rings. The van der Waals surface area contributed by atoms with E-state index in [-0.39, 0.29) is 5.78 Å². The molecule has 0 aliphatic heterocycles. The van der Waals surface area contributed by atoms with E-state index in [2.05, 4.69) is 55.1 Å². The van der Waals surface area contributed by atoms with Crippen molar-refractivity contribution in [3.8, 4) is 0 Å². The maximum absolute atomic E-state index is 12.2. The van der Waals surface area contributed by atoms with Gasteiger partial charge in [-0.15, -0.1) is 0 Å². The third-order valence-corrected chi connectivity index (χ3v) is 6.86. The molecule has 0 spiro atoms. The molecule has 36 heavy (non-hydrogen) atoms. The van der Waals surface area contributed by atoms with Crippen LogP contribution in [-0.2, 0) is 12.8 Å². The maximum atomic E-state index is 12.2. The van der Waals surface area contributed by atoms with Crippen LogP contribution in [0.3, 0.4) is 0 Å². The average molecular weight is 479 g/mol. The van der Waals surface area contributed by atoms with E-state index in [4.69, 9.17) is 0 Å². The molecular weight excluding hydrogens is 436 g/mol. The minimum atomic E-state index is 0.0467. The average Bonchev–Trinajstić information content (AvgIpc) is 2.93. The fourth-order valence-electron chi connectivity index (χ4n) is 4.56. The Labute approximate surface area is 219 Å². The summed E-state index contributed by atoms with van der Waals surface area (Å²) in [6.07, 6.45) is 21.3. The van der Waals surface area contributed by atoms with E-state index in [1.807, 2.05) is 42.5 Å². The highest BCUT2D eigenvalue weighted by molar-refractivity contribution is 6.06. The SMILES string of the molecule is C=Cc1ccc(CCCCCCCCCCCCc2ccc(/C=C/C(=O)c3ccccc3)cc2)cc1. The zero-order valence-corrected chi connectivity index (χ0v) is 21.8. The molecule has 3 aromatic carbocycles. The smallest absolute Gasteiger partial charge is 0.185 e. The van der Waals surface area contributed by atoms with Crippen molar-refractivity contribution in [2.45, 2.75) is 77.0 Å². The van der Waals surface area contributed by atoms with Crippen molar-refractivity contribution in [1.29, 1.82) is 0 Å². The van der Waals surface area contributed by atoms with Crippen LogP contribution >= 0.6 is 0 Å². The third-order valence-electron chi connectivity index (χ3n) is 6.86. The van der Waals surface area contributed by atoms with Gasteiger partial charge in [-0.3, -0.25) is 4.79 Å². The lowest BCUT2D eigenvalue weighted by Crippen LogP contribution is -1.92. The molecule has 1 heteroatoms. The minimum absolute atomic E-state index is 0.0467. The number of hydrogen-bond donors (Lipinski definition) is 0. The zero-order valence-electron chi connectivity index (χ0n) is 21.8. The second-order valence-corrected chi connectivity index (χ2v) is 9.79. The van der Waals surface area contributed by atoms with Gasteiger partial charge in [0.2, 0.25) is 0 Å². The van der Waals surface area contributed by atoms with Crippen LogP contribution in [0.25, 0.3) is 12.2 Å². The van der Waals surface area contributed by atoms with Crippen molar-refractivity contribution < 1.29 is 4.79 Å². The minimum Gasteiger partial charge on any atom is -0.289 e. The first kappa shape index (κ1) is 27.4. The van der Waals surface area contributed by atoms with Gasteiger partial charge in [0.15, 0.2) is 5.78 Å². The summed E-state index contributed by atoms with van der Waals surface area (Å²) in [6.45, 7) is 3.81. The molecule has 3 aromatic rings. The molecule has 0 radical (unpaired) electrons. The summed E-state index contributed by atoms with van der Waals surface area (Å²) in [6, 6.07) is 26.8. The van der Waals surface area contributed by atoms with E-state index in [0.717, 1.165) is 17.5 Å². The van der Waals surface area contributed by atoms with Gasteiger partial charge >= 0.3 is 0 Å². The molecule has 0 unspecified atom stereocenters. The molecule has 0 heterocycles. The summed E-state index contributed by atoms with van der Waals surface area (Å²) in [4.78, 5) is 12.2. The lowest BCUT2D eigenvalue weighted by molar-refractivity contribution is 0.104. The number of carbonyl (C=O) groups excluding carboxylic acids is 1. The molecule has 0 aliphatic rings. The number of allylic oxidation sites excluding steroid dienone is 1. The Morgan fingerprint density at radius 3 is 1.47 bits per heavy atom. The van der Waals surface area contributed by atoms with Crippen LogP contribution in [0.2, 0.25) is 0 Å². The zero-order chi connectivity index (χ0) is 25.3. The van der Waals surface area contributed by atoms with Gasteiger partial charge < -0.3 is 0 Å². The topological polar surface area (TPSA) is 17.1 Å². The first-order chi connectivity index (χ1) is 17.7. The van der Waals surface area contributed by atoms with Crippen LogP contribution in [0, 0.1) is 0 Å². The molecule has 0 bridgehead atoms. The van der Waals surface area contributed by atoms with Gasteiger partial charge in [-0.05, 0) is 54.0 Å². The largest absolute Gasteiger partial charge is 0.289 e. The van der Waals surface area contributed by atoms with Gasteiger partial charge in [0.1, 0.15) is 0 Å². The van der Waals surface area contributed by atoms with Gasteiger partial charge in [-0.2, -0.15) is 0 Å². The van der Waals surface area contributed by atoms with Gasteiger partial charge in [-0.1, -0.05) is 149 Å². The Kier molecular flexibility index (Phi) is 12.5. The Morgan fingerprint density at radius 2 is 1.00 bits per heavy atom. The molecule has 188 valence electrons. The predicted octanol–water partition coefficient (Wildman–Crippen LogP) is 9.91. The lowest BCUT2D eigenvalue weighted by atomic mass is 10.0. The molecule has 0 aromatic heterocycles. The number of aryl methyl sites for hydroxylation is 2. The van der Waals surface area contributed by atoms with Crippen LogP contribution in [0.1, 0.15) is 96.8 Å². The quantitative estimate of drug-likeness (QED) is 0.107. The molecule has 0 amide bonds. The summed E-state index contributed by atoms with van der Waals surface area (Å²) in [7, 11) is 0. The van der Waals surface area contributed by atoms with Gasteiger partial charge in [0.05, 0.1) is 0 Å². The number of benzene rings is 3. The third kappa shape index (κ3) is 10.6. The first-order valence-electron chi connectivity index (χ1n) is 13.8. The number of rotatable bonds is 17. The molecule has 0 atom stereocenters. The van der Waals surface area contributed by atoms with Gasteiger partial charge in [0.25, 0.3) is 0 Å². The molecule has 3 rings (SSSR count). The molecule has 0 aliphatic carbocycles. The van der Waals surface area contributed by atoms with Crippen molar-refractivity contribution in [3.63, 3.8) is 0 Å². The van der Waals surface area contributed by atoms with Gasteiger partial charge in [-0.25, -0.2) is 0 Å². The van der Waals surface area contributed by atoms with Crippen LogP contribution < -0.4 is 0 Å². The summed E-state index contributed by atoms with van der Waals surface area (Å²) in [5.74, 6) is 0.0467. The summed E-state index contributed by atoms with van der Waals surface area (Å²) in [5.41, 5.74) is 5.84. The first-order valence-corrected chi connectivity index (χ1v) is 13.8. The summed E-state index contributed by atoms with van der Waals surface area (Å²) >= 11 is 0. The van der Waals surface area contributed by atoms with Gasteiger partial charge in [0, 0.05) is 5.56 Å². The number of carbonyl (C=O) groups is 1. The maximum Gasteiger partial charge on any atom is 0.185 e. The fourth-order valence-corrected chi connectivity index (χ4v) is 4.56. The Morgan fingerprint density at radius 1 is 0.556 bits per heavy atom. The van der Waals surface area contributed by atoms with Crippen molar-refractivity contribution in [3.05, 3.63) is 119 Å². The van der Waals surface area contributed by atoms with Crippen molar-refractivity contribution >= 4 is 17.9 Å². The molecule has 0 saturated carbocycles. The highest BCUT2D eigenvalue weighted by Gasteiger charge is 2.00. The fraction of sp³-hybridized carbons (Fsp3) is 0.343. The van der Waals surface area contributed by atoms with Crippen LogP contribution in [0.5, 0.6) is 0 Å². The standard InChI is InChI=1S/C35H42O/c1-2-30-20-22-31(23-21-30)16-12-9-7-5-3-4-6-8-10-13-17-32-24-26-33(27-25-32)28-29-35(36)34-18-14-11-15-19-34/h2,11,14-15,18-29H,1,3-10,12-13,16-17H2/b29-28+. The number of hydrogen-bond acceptors (Lipinski definition) is 1. The normalized spacial score (nSPS) is 11.1. The van der Waals surface area contributed by atoms with Crippen LogP contribution in [0.15, 0.2) is 91.5 Å². The highest BCUT2D eigenvalue weighted by atomic mass is 16.1. The highest BCUT2D eigenvalue weighted by Crippen LogP contribution is 2.15. The van der Waals surface area contributed by atoms with Crippen molar-refractivity contribution in [2.24, 2.45) is 0 Å². The lowest BCUT2D eigenvalue weighted by Gasteiger charge is -2.05. The Bertz CT molecular complexity index is 1040. The monoisotopic (exact) mass is 478 g/mol. The summed E-state index contributed by atoms with van der Waals surface area (Å²) < 4.78 is 0. The van der Waals surface area contributed by atoms with E-state index >= 15 is 0 Å². The second kappa shape index (κ2) is 16.5. The van der Waals surface area contributed by atoms with Crippen molar-refractivity contribution in [2.75, 3.05) is 0 Å². The number of unbranched alkanes of at least 4 members (excludes halogenated alkanes) is 9. The molecule has 0 N–H and O–H groups in total. The van der Waals surface area contributed by atoms with E-state index in [1.54, 1.807) is 6.08 Å². The predicted molar refractivity (Wildman–Crippen MR) is 156 cm³/mol. The van der Waals surface area contributed by atoms with E-state index in [9.17, 15) is 4.79 Å². The molecule has 0 saturated heterocycles. The van der Waals surface area contributed by atoms with Crippen LogP contribution in [0.4, 0.5) is 0 Å². The van der Waals surface area contributed by atoms with E-state index in [1.165, 1.54) is 87.3 Å². The van der Waals surface area contributed by atoms with E-state index in [0.29, 0.717) is 0 Å². The van der Waals surface area contributed by atoms with E-state index < -0.39 is 0 Å².